The minimum atomic E-state index is -4.98. The zero-order chi connectivity index (χ0) is 14.1. The molecule has 0 bridgehead atoms. The van der Waals surface area contributed by atoms with Gasteiger partial charge in [-0.25, -0.2) is 13.8 Å². The zero-order valence-corrected chi connectivity index (χ0v) is 9.19. The van der Waals surface area contributed by atoms with Gasteiger partial charge in [-0.05, 0) is 6.07 Å². The fraction of sp³-hybridized carbons (Fsp3) is 0.333. The Labute approximate surface area is 102 Å². The number of aromatic nitrogens is 1. The SMILES string of the molecule is O=C(O)Cc1nc(Cl)c(C(F)F)cc1C(F)(F)F. The lowest BCUT2D eigenvalue weighted by Crippen LogP contribution is -2.15. The molecule has 0 saturated carbocycles. The molecule has 18 heavy (non-hydrogen) atoms. The van der Waals surface area contributed by atoms with E-state index in [1.54, 1.807) is 0 Å². The van der Waals surface area contributed by atoms with E-state index in [-0.39, 0.29) is 6.07 Å². The number of carboxylic acid groups (broad SMARTS) is 1. The van der Waals surface area contributed by atoms with Crippen molar-refractivity contribution in [1.82, 2.24) is 4.98 Å². The quantitative estimate of drug-likeness (QED) is 0.686. The van der Waals surface area contributed by atoms with E-state index in [0.717, 1.165) is 0 Å². The Hall–Kier alpha value is -1.44. The molecule has 0 radical (unpaired) electrons. The molecule has 100 valence electrons. The normalized spacial score (nSPS) is 11.9. The molecule has 0 unspecified atom stereocenters. The lowest BCUT2D eigenvalue weighted by molar-refractivity contribution is -0.140. The highest BCUT2D eigenvalue weighted by atomic mass is 35.5. The lowest BCUT2D eigenvalue weighted by atomic mass is 10.1. The fourth-order valence-electron chi connectivity index (χ4n) is 1.22. The van der Waals surface area contributed by atoms with E-state index in [1.165, 1.54) is 0 Å². The maximum absolute atomic E-state index is 12.6. The van der Waals surface area contributed by atoms with Crippen LogP contribution < -0.4 is 0 Å². The predicted molar refractivity (Wildman–Crippen MR) is 50.5 cm³/mol. The second-order valence-corrected chi connectivity index (χ2v) is 3.59. The summed E-state index contributed by atoms with van der Waals surface area (Å²) in [5.74, 6) is -1.58. The Morgan fingerprint density at radius 1 is 1.44 bits per heavy atom. The van der Waals surface area contributed by atoms with Crippen LogP contribution in [0.3, 0.4) is 0 Å². The highest BCUT2D eigenvalue weighted by Crippen LogP contribution is 2.36. The van der Waals surface area contributed by atoms with Crippen molar-refractivity contribution in [3.8, 4) is 0 Å². The molecule has 0 aliphatic heterocycles. The molecular weight excluding hydrogens is 285 g/mol. The molecule has 0 amide bonds. The molecule has 0 aliphatic carbocycles. The molecular formula is C9H5ClF5NO2. The second-order valence-electron chi connectivity index (χ2n) is 3.23. The van der Waals surface area contributed by atoms with Crippen LogP contribution in [-0.2, 0) is 17.4 Å². The monoisotopic (exact) mass is 289 g/mol. The molecule has 3 nitrogen and oxygen atoms in total. The number of carbonyl (C=O) groups is 1. The third-order valence-corrected chi connectivity index (χ3v) is 2.24. The number of pyridine rings is 1. The highest BCUT2D eigenvalue weighted by Gasteiger charge is 2.36. The molecule has 0 aromatic carbocycles. The van der Waals surface area contributed by atoms with Crippen molar-refractivity contribution in [3.63, 3.8) is 0 Å². The van der Waals surface area contributed by atoms with Crippen LogP contribution >= 0.6 is 11.6 Å². The van der Waals surface area contributed by atoms with Gasteiger partial charge in [-0.2, -0.15) is 13.2 Å². The summed E-state index contributed by atoms with van der Waals surface area (Å²) < 4.78 is 62.4. The van der Waals surface area contributed by atoms with Gasteiger partial charge in [0, 0.05) is 0 Å². The molecule has 1 heterocycles. The van der Waals surface area contributed by atoms with E-state index in [0.29, 0.717) is 0 Å². The highest BCUT2D eigenvalue weighted by molar-refractivity contribution is 6.30. The minimum absolute atomic E-state index is 0.123. The average molecular weight is 290 g/mol. The molecule has 1 rings (SSSR count). The van der Waals surface area contributed by atoms with Crippen LogP contribution in [0.15, 0.2) is 6.07 Å². The van der Waals surface area contributed by atoms with E-state index in [4.69, 9.17) is 16.7 Å². The first-order valence-electron chi connectivity index (χ1n) is 4.39. The minimum Gasteiger partial charge on any atom is -0.481 e. The zero-order valence-electron chi connectivity index (χ0n) is 8.43. The topological polar surface area (TPSA) is 50.2 Å². The first-order valence-corrected chi connectivity index (χ1v) is 4.77. The Morgan fingerprint density at radius 2 is 2.00 bits per heavy atom. The van der Waals surface area contributed by atoms with Crippen LogP contribution in [0.25, 0.3) is 0 Å². The van der Waals surface area contributed by atoms with E-state index < -0.39 is 47.0 Å². The van der Waals surface area contributed by atoms with E-state index in [9.17, 15) is 26.7 Å². The van der Waals surface area contributed by atoms with Gasteiger partial charge in [-0.3, -0.25) is 4.79 Å². The number of aliphatic carboxylic acids is 1. The summed E-state index contributed by atoms with van der Waals surface area (Å²) in [6, 6.07) is 0.123. The molecule has 0 fully saturated rings. The number of alkyl halides is 5. The smallest absolute Gasteiger partial charge is 0.418 e. The van der Waals surface area contributed by atoms with Gasteiger partial charge in [-0.1, -0.05) is 11.6 Å². The van der Waals surface area contributed by atoms with Crippen molar-refractivity contribution in [3.05, 3.63) is 28.0 Å². The van der Waals surface area contributed by atoms with E-state index >= 15 is 0 Å². The van der Waals surface area contributed by atoms with Crippen LogP contribution in [0.4, 0.5) is 22.0 Å². The van der Waals surface area contributed by atoms with Crippen molar-refractivity contribution < 1.29 is 31.9 Å². The maximum atomic E-state index is 12.6. The summed E-state index contributed by atoms with van der Waals surface area (Å²) in [5, 5.41) is 7.59. The number of halogens is 6. The van der Waals surface area contributed by atoms with Crippen molar-refractivity contribution in [2.45, 2.75) is 19.0 Å². The predicted octanol–water partition coefficient (Wildman–Crippen LogP) is 3.32. The van der Waals surface area contributed by atoms with E-state index in [1.807, 2.05) is 0 Å². The van der Waals surface area contributed by atoms with Crippen LogP contribution in [0.2, 0.25) is 5.15 Å². The van der Waals surface area contributed by atoms with Crippen LogP contribution in [0, 0.1) is 0 Å². The molecule has 1 aromatic rings. The molecule has 1 aromatic heterocycles. The van der Waals surface area contributed by atoms with Gasteiger partial charge in [-0.15, -0.1) is 0 Å². The molecule has 0 atom stereocenters. The molecule has 9 heteroatoms. The molecule has 0 saturated heterocycles. The Morgan fingerprint density at radius 3 is 2.39 bits per heavy atom. The van der Waals surface area contributed by atoms with E-state index in [2.05, 4.69) is 4.98 Å². The van der Waals surface area contributed by atoms with Gasteiger partial charge in [0.05, 0.1) is 23.2 Å². The van der Waals surface area contributed by atoms with Gasteiger partial charge in [0.25, 0.3) is 6.43 Å². The maximum Gasteiger partial charge on any atom is 0.418 e. The summed E-state index contributed by atoms with van der Waals surface area (Å²) in [7, 11) is 0. The van der Waals surface area contributed by atoms with Gasteiger partial charge in [0.2, 0.25) is 0 Å². The lowest BCUT2D eigenvalue weighted by Gasteiger charge is -2.13. The fourth-order valence-corrected chi connectivity index (χ4v) is 1.46. The average Bonchev–Trinajstić information content (AvgIpc) is 2.13. The third-order valence-electron chi connectivity index (χ3n) is 1.94. The standard InChI is InChI=1S/C9H5ClF5NO2/c10-7-3(8(11)12)1-4(9(13,14)15)5(16-7)2-6(17)18/h1,8H,2H2,(H,17,18). The summed E-state index contributed by atoms with van der Waals surface area (Å²) in [5.41, 5.74) is -3.51. The Bertz CT molecular complexity index is 475. The number of hydrogen-bond acceptors (Lipinski definition) is 2. The third kappa shape index (κ3) is 3.28. The van der Waals surface area contributed by atoms with Crippen LogP contribution in [-0.4, -0.2) is 16.1 Å². The first kappa shape index (κ1) is 14.6. The Balaban J connectivity index is 3.42. The summed E-state index contributed by atoms with van der Waals surface area (Å²) >= 11 is 5.28. The van der Waals surface area contributed by atoms with Gasteiger partial charge < -0.3 is 5.11 Å². The van der Waals surface area contributed by atoms with Crippen LogP contribution in [0.1, 0.15) is 23.2 Å². The van der Waals surface area contributed by atoms with Gasteiger partial charge >= 0.3 is 12.1 Å². The van der Waals surface area contributed by atoms with Gasteiger partial charge in [0.1, 0.15) is 5.15 Å². The number of rotatable bonds is 3. The Kier molecular flexibility index (Phi) is 4.10. The molecule has 1 N–H and O–H groups in total. The summed E-state index contributed by atoms with van der Waals surface area (Å²) in [6.45, 7) is 0. The summed E-state index contributed by atoms with van der Waals surface area (Å²) in [4.78, 5) is 13.5. The van der Waals surface area contributed by atoms with Crippen molar-refractivity contribution >= 4 is 17.6 Å². The largest absolute Gasteiger partial charge is 0.481 e. The molecule has 0 spiro atoms. The first-order chi connectivity index (χ1) is 8.12. The van der Waals surface area contributed by atoms with Gasteiger partial charge in [0.15, 0.2) is 0 Å². The number of carboxylic acids is 1. The van der Waals surface area contributed by atoms with Crippen molar-refractivity contribution in [1.29, 1.82) is 0 Å². The van der Waals surface area contributed by atoms with Crippen molar-refractivity contribution in [2.24, 2.45) is 0 Å². The molecule has 0 aliphatic rings. The summed E-state index contributed by atoms with van der Waals surface area (Å²) in [6.07, 6.45) is -9.27. The second kappa shape index (κ2) is 5.05. The van der Waals surface area contributed by atoms with Crippen molar-refractivity contribution in [2.75, 3.05) is 0 Å². The number of nitrogens with zero attached hydrogens (tertiary/aromatic N) is 1. The number of hydrogen-bond donors (Lipinski definition) is 1. The van der Waals surface area contributed by atoms with Crippen LogP contribution in [0.5, 0.6) is 0 Å².